The summed E-state index contributed by atoms with van der Waals surface area (Å²) in [5, 5.41) is 9.05. The van der Waals surface area contributed by atoms with E-state index in [1.807, 2.05) is 0 Å². The lowest BCUT2D eigenvalue weighted by molar-refractivity contribution is 0.0694. The molecule has 2 aromatic carbocycles. The topological polar surface area (TPSA) is 46.5 Å². The number of carboxylic acid groups (broad SMARTS) is 1. The van der Waals surface area contributed by atoms with Gasteiger partial charge in [-0.25, -0.2) is 13.6 Å². The van der Waals surface area contributed by atoms with Gasteiger partial charge in [-0.3, -0.25) is 0 Å². The Labute approximate surface area is 108 Å². The van der Waals surface area contributed by atoms with E-state index < -0.39 is 17.6 Å². The lowest BCUT2D eigenvalue weighted by Gasteiger charge is -2.12. The second kappa shape index (κ2) is 5.06. The smallest absolute Gasteiger partial charge is 0.339 e. The van der Waals surface area contributed by atoms with Crippen LogP contribution in [0.2, 0.25) is 0 Å². The monoisotopic (exact) mass is 264 g/mol. The third kappa shape index (κ3) is 2.70. The minimum atomic E-state index is -1.18. The number of benzene rings is 2. The maximum atomic E-state index is 13.5. The van der Waals surface area contributed by atoms with E-state index in [0.717, 1.165) is 12.1 Å². The molecule has 0 unspecified atom stereocenters. The fourth-order valence-electron chi connectivity index (χ4n) is 1.62. The van der Waals surface area contributed by atoms with Crippen LogP contribution in [0.15, 0.2) is 36.4 Å². The van der Waals surface area contributed by atoms with Crippen molar-refractivity contribution in [3.8, 4) is 11.5 Å². The average molecular weight is 264 g/mol. The molecule has 5 heteroatoms. The zero-order valence-corrected chi connectivity index (χ0v) is 9.98. The summed E-state index contributed by atoms with van der Waals surface area (Å²) >= 11 is 0. The van der Waals surface area contributed by atoms with Crippen LogP contribution in [-0.4, -0.2) is 11.1 Å². The summed E-state index contributed by atoms with van der Waals surface area (Å²) in [6, 6.07) is 7.38. The van der Waals surface area contributed by atoms with Crippen LogP contribution in [0.5, 0.6) is 11.5 Å². The molecule has 0 spiro atoms. The van der Waals surface area contributed by atoms with Crippen molar-refractivity contribution in [3.63, 3.8) is 0 Å². The van der Waals surface area contributed by atoms with Crippen LogP contribution >= 0.6 is 0 Å². The maximum Gasteiger partial charge on any atom is 0.339 e. The second-order valence-corrected chi connectivity index (χ2v) is 3.93. The highest BCUT2D eigenvalue weighted by atomic mass is 19.1. The number of aryl methyl sites for hydroxylation is 1. The Balaban J connectivity index is 2.46. The molecule has 98 valence electrons. The van der Waals surface area contributed by atoms with Crippen LogP contribution in [0.25, 0.3) is 0 Å². The average Bonchev–Trinajstić information content (AvgIpc) is 2.34. The lowest BCUT2D eigenvalue weighted by Crippen LogP contribution is -2.02. The molecule has 0 atom stereocenters. The summed E-state index contributed by atoms with van der Waals surface area (Å²) in [6.45, 7) is 1.64. The first-order chi connectivity index (χ1) is 8.99. The largest absolute Gasteiger partial charge is 0.478 e. The van der Waals surface area contributed by atoms with Crippen molar-refractivity contribution in [1.82, 2.24) is 0 Å². The molecule has 0 aliphatic carbocycles. The Morgan fingerprint density at radius 3 is 2.58 bits per heavy atom. The van der Waals surface area contributed by atoms with Crippen LogP contribution in [0.4, 0.5) is 8.78 Å². The van der Waals surface area contributed by atoms with Crippen LogP contribution in [0, 0.1) is 18.6 Å². The summed E-state index contributed by atoms with van der Waals surface area (Å²) in [6.07, 6.45) is 0. The van der Waals surface area contributed by atoms with Crippen molar-refractivity contribution in [1.29, 1.82) is 0 Å². The van der Waals surface area contributed by atoms with Crippen molar-refractivity contribution in [2.24, 2.45) is 0 Å². The first-order valence-electron chi connectivity index (χ1n) is 5.45. The normalized spacial score (nSPS) is 10.3. The molecule has 0 aliphatic heterocycles. The molecule has 0 amide bonds. The molecule has 0 heterocycles. The molecule has 19 heavy (non-hydrogen) atoms. The van der Waals surface area contributed by atoms with Gasteiger partial charge in [-0.05, 0) is 30.7 Å². The maximum absolute atomic E-state index is 13.5. The van der Waals surface area contributed by atoms with Crippen LogP contribution in [-0.2, 0) is 0 Å². The van der Waals surface area contributed by atoms with E-state index in [0.29, 0.717) is 11.6 Å². The van der Waals surface area contributed by atoms with Gasteiger partial charge in [-0.2, -0.15) is 0 Å². The Bertz CT molecular complexity index is 639. The standard InChI is InChI=1S/C14H10F2O3/c1-8-3-2-4-10(14(17)18)13(8)19-12-6-5-9(15)7-11(12)16/h2-7H,1H3,(H,17,18). The Kier molecular flexibility index (Phi) is 3.46. The van der Waals surface area contributed by atoms with Gasteiger partial charge in [0, 0.05) is 6.07 Å². The third-order valence-corrected chi connectivity index (χ3v) is 2.55. The summed E-state index contributed by atoms with van der Waals surface area (Å²) < 4.78 is 31.5. The van der Waals surface area contributed by atoms with Gasteiger partial charge >= 0.3 is 5.97 Å². The number of carboxylic acids is 1. The molecule has 0 aliphatic rings. The van der Waals surface area contributed by atoms with Crippen molar-refractivity contribution < 1.29 is 23.4 Å². The molecule has 0 radical (unpaired) electrons. The Morgan fingerprint density at radius 2 is 1.95 bits per heavy atom. The van der Waals surface area contributed by atoms with Crippen molar-refractivity contribution in [2.75, 3.05) is 0 Å². The Morgan fingerprint density at radius 1 is 1.21 bits per heavy atom. The minimum absolute atomic E-state index is 0.0421. The number of halogens is 2. The fraction of sp³-hybridized carbons (Fsp3) is 0.0714. The summed E-state index contributed by atoms with van der Waals surface area (Å²) in [4.78, 5) is 11.1. The zero-order valence-electron chi connectivity index (χ0n) is 9.98. The summed E-state index contributed by atoms with van der Waals surface area (Å²) in [5.74, 6) is -2.98. The molecule has 0 fully saturated rings. The number of aromatic carboxylic acids is 1. The number of para-hydroxylation sites is 1. The van der Waals surface area contributed by atoms with Gasteiger partial charge in [0.15, 0.2) is 11.6 Å². The minimum Gasteiger partial charge on any atom is -0.478 e. The molecule has 2 aromatic rings. The molecule has 3 nitrogen and oxygen atoms in total. The zero-order chi connectivity index (χ0) is 14.0. The highest BCUT2D eigenvalue weighted by Gasteiger charge is 2.16. The third-order valence-electron chi connectivity index (χ3n) is 2.55. The van der Waals surface area contributed by atoms with E-state index in [-0.39, 0.29) is 17.1 Å². The molecular weight excluding hydrogens is 254 g/mol. The first-order valence-corrected chi connectivity index (χ1v) is 5.45. The molecule has 0 bridgehead atoms. The fourth-order valence-corrected chi connectivity index (χ4v) is 1.62. The van der Waals surface area contributed by atoms with Gasteiger partial charge in [-0.15, -0.1) is 0 Å². The molecule has 0 saturated carbocycles. The number of rotatable bonds is 3. The summed E-state index contributed by atoms with van der Waals surface area (Å²) in [5.41, 5.74) is 0.465. The molecule has 0 saturated heterocycles. The van der Waals surface area contributed by atoms with E-state index in [2.05, 4.69) is 0 Å². The number of carbonyl (C=O) groups is 1. The van der Waals surface area contributed by atoms with Crippen molar-refractivity contribution in [2.45, 2.75) is 6.92 Å². The number of ether oxygens (including phenoxy) is 1. The molecule has 0 aromatic heterocycles. The predicted octanol–water partition coefficient (Wildman–Crippen LogP) is 3.76. The highest BCUT2D eigenvalue weighted by molar-refractivity contribution is 5.91. The molecule has 2 rings (SSSR count). The Hall–Kier alpha value is -2.43. The van der Waals surface area contributed by atoms with Crippen LogP contribution < -0.4 is 4.74 Å². The van der Waals surface area contributed by atoms with Crippen molar-refractivity contribution >= 4 is 5.97 Å². The molecule has 1 N–H and O–H groups in total. The van der Waals surface area contributed by atoms with Gasteiger partial charge in [0.1, 0.15) is 17.1 Å². The van der Waals surface area contributed by atoms with Crippen LogP contribution in [0.1, 0.15) is 15.9 Å². The van der Waals surface area contributed by atoms with Gasteiger partial charge in [-0.1, -0.05) is 12.1 Å². The van der Waals surface area contributed by atoms with Gasteiger partial charge in [0.2, 0.25) is 0 Å². The quantitative estimate of drug-likeness (QED) is 0.918. The van der Waals surface area contributed by atoms with E-state index in [4.69, 9.17) is 9.84 Å². The van der Waals surface area contributed by atoms with E-state index in [1.54, 1.807) is 19.1 Å². The van der Waals surface area contributed by atoms with Gasteiger partial charge < -0.3 is 9.84 Å². The predicted molar refractivity (Wildman–Crippen MR) is 64.6 cm³/mol. The SMILES string of the molecule is Cc1cccc(C(=O)O)c1Oc1ccc(F)cc1F. The van der Waals surface area contributed by atoms with Gasteiger partial charge in [0.05, 0.1) is 0 Å². The highest BCUT2D eigenvalue weighted by Crippen LogP contribution is 2.30. The number of hydrogen-bond acceptors (Lipinski definition) is 2. The van der Waals surface area contributed by atoms with Crippen LogP contribution in [0.3, 0.4) is 0 Å². The van der Waals surface area contributed by atoms with E-state index in [9.17, 15) is 13.6 Å². The van der Waals surface area contributed by atoms with E-state index in [1.165, 1.54) is 6.07 Å². The lowest BCUT2D eigenvalue weighted by atomic mass is 10.1. The first kappa shape index (κ1) is 13.0. The number of hydrogen-bond donors (Lipinski definition) is 1. The van der Waals surface area contributed by atoms with E-state index >= 15 is 0 Å². The second-order valence-electron chi connectivity index (χ2n) is 3.93. The molecular formula is C14H10F2O3. The van der Waals surface area contributed by atoms with Gasteiger partial charge in [0.25, 0.3) is 0 Å². The van der Waals surface area contributed by atoms with Crippen molar-refractivity contribution in [3.05, 3.63) is 59.2 Å². The summed E-state index contributed by atoms with van der Waals surface area (Å²) in [7, 11) is 0.